The molecule has 0 spiro atoms. The molecule has 0 aliphatic rings. The van der Waals surface area contributed by atoms with Crippen molar-refractivity contribution in [2.45, 2.75) is 45.4 Å². The topological polar surface area (TPSA) is 26.3 Å². The molecule has 0 amide bonds. The fraction of sp³-hybridized carbons (Fsp3) is 1.00. The van der Waals surface area contributed by atoms with Gasteiger partial charge in [-0.3, -0.25) is 4.52 Å². The summed E-state index contributed by atoms with van der Waals surface area (Å²) in [5.74, 6) is 0. The quantitative estimate of drug-likeness (QED) is 0.363. The molecule has 0 aromatic carbocycles. The molecule has 0 saturated heterocycles. The first kappa shape index (κ1) is 15.1. The van der Waals surface area contributed by atoms with Crippen LogP contribution in [-0.2, 0) is 26.2 Å². The van der Waals surface area contributed by atoms with Crippen LogP contribution in [0.3, 0.4) is 0 Å². The van der Waals surface area contributed by atoms with Crippen LogP contribution < -0.4 is 0 Å². The molecule has 0 radical (unpaired) electrons. The summed E-state index contributed by atoms with van der Waals surface area (Å²) in [7, 11) is -0.180. The van der Waals surface area contributed by atoms with Crippen molar-refractivity contribution in [3.05, 3.63) is 0 Å². The Morgan fingerprint density at radius 1 is 1.08 bits per heavy atom. The third-order valence-corrected chi connectivity index (χ3v) is 1.93. The first-order valence-corrected chi connectivity index (χ1v) is 5.09. The maximum atomic E-state index is 9.82. The summed E-state index contributed by atoms with van der Waals surface area (Å²) in [5.41, 5.74) is 0. The van der Waals surface area contributed by atoms with E-state index >= 15 is 0 Å². The van der Waals surface area contributed by atoms with Gasteiger partial charge in [-0.05, 0) is 6.42 Å². The Kier molecular flexibility index (Phi) is 17.7. The first-order valence-electron chi connectivity index (χ1n) is 4.36. The van der Waals surface area contributed by atoms with Gasteiger partial charge in [-0.1, -0.05) is 39.0 Å². The van der Waals surface area contributed by atoms with Crippen LogP contribution in [0.2, 0.25) is 0 Å². The van der Waals surface area contributed by atoms with Crippen LogP contribution >= 0.6 is 8.69 Å². The van der Waals surface area contributed by atoms with Gasteiger partial charge in [-0.15, -0.1) is 0 Å². The van der Waals surface area contributed by atoms with E-state index in [-0.39, 0.29) is 25.8 Å². The Labute approximate surface area is 87.2 Å². The van der Waals surface area contributed by atoms with E-state index < -0.39 is 0 Å². The summed E-state index contributed by atoms with van der Waals surface area (Å²) < 4.78 is 14.5. The van der Waals surface area contributed by atoms with Gasteiger partial charge in [-0.2, -0.15) is 0 Å². The van der Waals surface area contributed by atoms with E-state index in [0.717, 1.165) is 6.42 Å². The van der Waals surface area contributed by atoms with Gasteiger partial charge in [0.05, 0.1) is 6.61 Å². The Morgan fingerprint density at radius 2 is 1.67 bits per heavy atom. The van der Waals surface area contributed by atoms with Crippen molar-refractivity contribution in [2.75, 3.05) is 6.61 Å². The van der Waals surface area contributed by atoms with Crippen molar-refractivity contribution in [3.8, 4) is 0 Å². The van der Waals surface area contributed by atoms with Crippen molar-refractivity contribution >= 4 is 8.69 Å². The predicted octanol–water partition coefficient (Wildman–Crippen LogP) is 3.57. The monoisotopic (exact) mass is 232 g/mol. The normalized spacial score (nSPS) is 9.75. The van der Waals surface area contributed by atoms with Gasteiger partial charge >= 0.3 is 8.69 Å². The molecule has 0 saturated carbocycles. The third-order valence-electron chi connectivity index (χ3n) is 1.64. The molecule has 0 aliphatic heterocycles. The zero-order valence-electron chi connectivity index (χ0n) is 7.57. The summed E-state index contributed by atoms with van der Waals surface area (Å²) >= 11 is 0. The van der Waals surface area contributed by atoms with E-state index in [1.807, 2.05) is 0 Å². The van der Waals surface area contributed by atoms with Crippen molar-refractivity contribution < 1.29 is 26.2 Å². The van der Waals surface area contributed by atoms with Crippen molar-refractivity contribution in [2.24, 2.45) is 0 Å². The molecule has 0 aromatic heterocycles. The first-order chi connectivity index (χ1) is 5.41. The molecule has 0 bridgehead atoms. The number of hydrogen-bond acceptors (Lipinski definition) is 2. The number of rotatable bonds is 8. The largest absolute Gasteiger partial charge is 0.327 e. The van der Waals surface area contributed by atoms with Gasteiger partial charge in [0.2, 0.25) is 0 Å². The van der Waals surface area contributed by atoms with E-state index in [4.69, 9.17) is 0 Å². The molecule has 12 heavy (non-hydrogen) atoms. The minimum Gasteiger partial charge on any atom is -0.294 e. The molecular weight excluding hydrogens is 215 g/mol. The Morgan fingerprint density at radius 3 is 2.25 bits per heavy atom. The maximum absolute atomic E-state index is 9.82. The second-order valence-corrected chi connectivity index (χ2v) is 3.08. The van der Waals surface area contributed by atoms with Crippen molar-refractivity contribution in [3.63, 3.8) is 0 Å². The smallest absolute Gasteiger partial charge is 0.294 e. The van der Waals surface area contributed by atoms with Crippen molar-refractivity contribution in [1.82, 2.24) is 0 Å². The van der Waals surface area contributed by atoms with E-state index in [0.29, 0.717) is 6.61 Å². The molecule has 0 N–H and O–H groups in total. The van der Waals surface area contributed by atoms with Crippen molar-refractivity contribution in [1.29, 1.82) is 0 Å². The Hall–Kier alpha value is 0.579. The van der Waals surface area contributed by atoms with Crippen LogP contribution in [0.5, 0.6) is 0 Å². The van der Waals surface area contributed by atoms with E-state index in [1.54, 1.807) is 0 Å². The minimum absolute atomic E-state index is 0. The molecule has 74 valence electrons. The molecule has 0 rings (SSSR count). The third kappa shape index (κ3) is 13.2. The number of hydrogen-bond donors (Lipinski definition) is 0. The molecule has 0 unspecified atom stereocenters. The van der Waals surface area contributed by atoms with E-state index in [2.05, 4.69) is 11.4 Å². The van der Waals surface area contributed by atoms with Gasteiger partial charge in [0.1, 0.15) is 0 Å². The average Bonchev–Trinajstić information content (AvgIpc) is 2.03. The molecule has 0 fully saturated rings. The van der Waals surface area contributed by atoms with E-state index in [1.165, 1.54) is 32.1 Å². The second kappa shape index (κ2) is 14.1. The maximum Gasteiger partial charge on any atom is 0.327 e. The summed E-state index contributed by atoms with van der Waals surface area (Å²) in [6.45, 7) is 2.84. The van der Waals surface area contributed by atoms with Gasteiger partial charge in [0.15, 0.2) is 0 Å². The van der Waals surface area contributed by atoms with Crippen LogP contribution in [0.25, 0.3) is 0 Å². The summed E-state index contributed by atoms with van der Waals surface area (Å²) in [4.78, 5) is 0. The van der Waals surface area contributed by atoms with Crippen LogP contribution in [0.15, 0.2) is 0 Å². The second-order valence-electron chi connectivity index (χ2n) is 2.68. The fourth-order valence-electron chi connectivity index (χ4n) is 0.984. The molecule has 4 heteroatoms. The zero-order chi connectivity index (χ0) is 8.36. The average molecular weight is 232 g/mol. The molecule has 0 aromatic rings. The summed E-state index contributed by atoms with van der Waals surface area (Å²) in [6, 6.07) is 0. The van der Waals surface area contributed by atoms with Gasteiger partial charge in [0.25, 0.3) is 0 Å². The SMILES string of the molecule is CCCCCCCCOP=O.[Fe]. The molecule has 0 atom stereocenters. The minimum atomic E-state index is -0.180. The van der Waals surface area contributed by atoms with Crippen LogP contribution in [0, 0.1) is 0 Å². The molecule has 0 heterocycles. The van der Waals surface area contributed by atoms with Crippen LogP contribution in [0.1, 0.15) is 45.4 Å². The summed E-state index contributed by atoms with van der Waals surface area (Å²) in [6.07, 6.45) is 7.48. The standard InChI is InChI=1S/C8H17O2P.Fe/c1-2-3-4-5-6-7-8-10-11-9;/h2-8H2,1H3;. The molecule has 2 nitrogen and oxygen atoms in total. The van der Waals surface area contributed by atoms with Crippen LogP contribution in [-0.4, -0.2) is 6.61 Å². The van der Waals surface area contributed by atoms with E-state index in [9.17, 15) is 4.57 Å². The Balaban J connectivity index is 0. The van der Waals surface area contributed by atoms with Crippen LogP contribution in [0.4, 0.5) is 0 Å². The predicted molar refractivity (Wildman–Crippen MR) is 46.9 cm³/mol. The van der Waals surface area contributed by atoms with Gasteiger partial charge in [-0.25, -0.2) is 4.57 Å². The van der Waals surface area contributed by atoms with Gasteiger partial charge < -0.3 is 0 Å². The van der Waals surface area contributed by atoms with Gasteiger partial charge in [0, 0.05) is 17.1 Å². The summed E-state index contributed by atoms with van der Waals surface area (Å²) in [5, 5.41) is 0. The fourth-order valence-corrected chi connectivity index (χ4v) is 1.19. The molecular formula is C8H17FeO2P. The molecule has 0 aliphatic carbocycles. The Bertz CT molecular complexity index is 91.1. The zero-order valence-corrected chi connectivity index (χ0v) is 9.57. The number of unbranched alkanes of at least 4 members (excludes halogenated alkanes) is 5.